The van der Waals surface area contributed by atoms with Gasteiger partial charge < -0.3 is 14.8 Å². The first-order valence-corrected chi connectivity index (χ1v) is 9.29. The van der Waals surface area contributed by atoms with Gasteiger partial charge in [-0.1, -0.05) is 38.5 Å². The zero-order valence-electron chi connectivity index (χ0n) is 15.2. The van der Waals surface area contributed by atoms with Crippen LogP contribution >= 0.6 is 0 Å². The van der Waals surface area contributed by atoms with Crippen molar-refractivity contribution in [2.45, 2.75) is 45.8 Å². The number of aromatic amines is 1. The van der Waals surface area contributed by atoms with E-state index in [1.165, 1.54) is 0 Å². The number of aromatic nitrogens is 2. The summed E-state index contributed by atoms with van der Waals surface area (Å²) in [7, 11) is 0. The normalized spacial score (nSPS) is 18.5. The Kier molecular flexibility index (Phi) is 4.26. The van der Waals surface area contributed by atoms with E-state index in [9.17, 15) is 9.59 Å². The fraction of sp³-hybridized carbons (Fsp3) is 0.450. The number of carbonyl (C=O) groups is 2. The van der Waals surface area contributed by atoms with Gasteiger partial charge in [0.25, 0.3) is 5.91 Å². The molecule has 4 rings (SSSR count). The minimum atomic E-state index is -0.427. The van der Waals surface area contributed by atoms with Gasteiger partial charge in [0.2, 0.25) is 5.91 Å². The number of fused-ring (bicyclic) bond motifs is 2. The topological polar surface area (TPSA) is 69.3 Å². The Morgan fingerprint density at radius 3 is 2.88 bits per heavy atom. The molecule has 0 saturated heterocycles. The molecule has 26 heavy (non-hydrogen) atoms. The summed E-state index contributed by atoms with van der Waals surface area (Å²) < 4.78 is 0. The highest BCUT2D eigenvalue weighted by Crippen LogP contribution is 2.30. The Morgan fingerprint density at radius 2 is 2.12 bits per heavy atom. The molecule has 6 nitrogen and oxygen atoms in total. The number of nitrogens with one attached hydrogen (secondary N) is 1. The van der Waals surface area contributed by atoms with Crippen LogP contribution in [0.2, 0.25) is 0 Å². The summed E-state index contributed by atoms with van der Waals surface area (Å²) in [5, 5.41) is 0. The van der Waals surface area contributed by atoms with Crippen molar-refractivity contribution in [2.75, 3.05) is 6.54 Å². The largest absolute Gasteiger partial charge is 0.347 e. The van der Waals surface area contributed by atoms with E-state index in [0.717, 1.165) is 35.4 Å². The van der Waals surface area contributed by atoms with E-state index in [1.54, 1.807) is 11.2 Å². The van der Waals surface area contributed by atoms with E-state index < -0.39 is 6.04 Å². The van der Waals surface area contributed by atoms with Gasteiger partial charge in [0.15, 0.2) is 0 Å². The fourth-order valence-electron chi connectivity index (χ4n) is 4.00. The zero-order chi connectivity index (χ0) is 18.3. The van der Waals surface area contributed by atoms with Crippen LogP contribution in [0.1, 0.15) is 47.6 Å². The number of amides is 2. The highest BCUT2D eigenvalue weighted by molar-refractivity contribution is 6.01. The third-order valence-corrected chi connectivity index (χ3v) is 5.71. The van der Waals surface area contributed by atoms with Gasteiger partial charge >= 0.3 is 0 Å². The summed E-state index contributed by atoms with van der Waals surface area (Å²) in [5.74, 6) is 0.114. The summed E-state index contributed by atoms with van der Waals surface area (Å²) >= 11 is 0. The van der Waals surface area contributed by atoms with E-state index in [1.807, 2.05) is 29.2 Å². The summed E-state index contributed by atoms with van der Waals surface area (Å²) in [4.78, 5) is 37.4. The van der Waals surface area contributed by atoms with E-state index in [4.69, 9.17) is 0 Å². The fourth-order valence-corrected chi connectivity index (χ4v) is 4.00. The Labute approximate surface area is 153 Å². The van der Waals surface area contributed by atoms with E-state index in [-0.39, 0.29) is 17.7 Å². The molecule has 0 radical (unpaired) electrons. The molecule has 2 atom stereocenters. The summed E-state index contributed by atoms with van der Waals surface area (Å²) in [6.07, 6.45) is 3.29. The highest BCUT2D eigenvalue weighted by Gasteiger charge is 2.41. The third kappa shape index (κ3) is 2.69. The van der Waals surface area contributed by atoms with Crippen molar-refractivity contribution < 1.29 is 9.59 Å². The zero-order valence-corrected chi connectivity index (χ0v) is 15.2. The maximum atomic E-state index is 13.4. The SMILES string of the molecule is CCC(C)C(C(=O)N1CCc2nc[nH]c2C1)N1Cc2ccccc2C1=O. The van der Waals surface area contributed by atoms with Gasteiger partial charge in [-0.3, -0.25) is 9.59 Å². The van der Waals surface area contributed by atoms with Crippen LogP contribution in [0.15, 0.2) is 30.6 Å². The number of benzene rings is 1. The number of hydrogen-bond acceptors (Lipinski definition) is 3. The number of carbonyl (C=O) groups excluding carboxylic acids is 2. The number of H-pyrrole nitrogens is 1. The Bertz CT molecular complexity index is 844. The predicted molar refractivity (Wildman–Crippen MR) is 97.3 cm³/mol. The standard InChI is InChI=1S/C20H24N4O2/c1-3-13(2)18(24-10-14-6-4-5-7-15(14)19(24)25)20(26)23-9-8-16-17(11-23)22-12-21-16/h4-7,12-13,18H,3,8-11H2,1-2H3,(H,21,22). The highest BCUT2D eigenvalue weighted by atomic mass is 16.2. The molecule has 6 heteroatoms. The van der Waals surface area contributed by atoms with E-state index in [2.05, 4.69) is 23.8 Å². The number of hydrogen-bond donors (Lipinski definition) is 1. The van der Waals surface area contributed by atoms with E-state index in [0.29, 0.717) is 19.6 Å². The Hall–Kier alpha value is -2.63. The maximum Gasteiger partial charge on any atom is 0.255 e. The van der Waals surface area contributed by atoms with Crippen molar-refractivity contribution in [1.82, 2.24) is 19.8 Å². The summed E-state index contributed by atoms with van der Waals surface area (Å²) in [6.45, 7) is 5.83. The monoisotopic (exact) mass is 352 g/mol. The van der Waals surface area contributed by atoms with Crippen molar-refractivity contribution in [3.63, 3.8) is 0 Å². The van der Waals surface area contributed by atoms with Crippen LogP contribution < -0.4 is 0 Å². The Morgan fingerprint density at radius 1 is 1.31 bits per heavy atom. The molecule has 0 spiro atoms. The van der Waals surface area contributed by atoms with Crippen molar-refractivity contribution in [3.8, 4) is 0 Å². The number of imidazole rings is 1. The molecule has 2 aliphatic rings. The lowest BCUT2D eigenvalue weighted by atomic mass is 9.95. The second kappa shape index (κ2) is 6.59. The lowest BCUT2D eigenvalue weighted by Gasteiger charge is -2.36. The predicted octanol–water partition coefficient (Wildman–Crippen LogP) is 2.37. The first-order chi connectivity index (χ1) is 12.6. The van der Waals surface area contributed by atoms with Gasteiger partial charge in [-0.25, -0.2) is 4.98 Å². The molecule has 136 valence electrons. The number of rotatable bonds is 4. The van der Waals surface area contributed by atoms with Gasteiger partial charge in [-0.2, -0.15) is 0 Å². The van der Waals surface area contributed by atoms with Gasteiger partial charge in [-0.15, -0.1) is 0 Å². The molecule has 2 amide bonds. The molecule has 2 aromatic rings. The molecular weight excluding hydrogens is 328 g/mol. The molecule has 2 unspecified atom stereocenters. The molecule has 3 heterocycles. The molecule has 0 fully saturated rings. The van der Waals surface area contributed by atoms with Crippen LogP contribution in [0.25, 0.3) is 0 Å². The molecule has 1 N–H and O–H groups in total. The van der Waals surface area contributed by atoms with Crippen LogP contribution in [0.4, 0.5) is 0 Å². The van der Waals surface area contributed by atoms with E-state index >= 15 is 0 Å². The van der Waals surface area contributed by atoms with Gasteiger partial charge in [0, 0.05) is 25.1 Å². The summed E-state index contributed by atoms with van der Waals surface area (Å²) in [6, 6.07) is 7.23. The van der Waals surface area contributed by atoms with Crippen molar-refractivity contribution in [3.05, 3.63) is 53.1 Å². The molecule has 0 bridgehead atoms. The minimum Gasteiger partial charge on any atom is -0.347 e. The summed E-state index contributed by atoms with van der Waals surface area (Å²) in [5.41, 5.74) is 3.78. The lowest BCUT2D eigenvalue weighted by molar-refractivity contribution is -0.139. The minimum absolute atomic E-state index is 0.0292. The lowest BCUT2D eigenvalue weighted by Crippen LogP contribution is -2.52. The van der Waals surface area contributed by atoms with Crippen molar-refractivity contribution >= 4 is 11.8 Å². The number of nitrogens with zero attached hydrogens (tertiary/aromatic N) is 3. The average Bonchev–Trinajstić information content (AvgIpc) is 3.26. The second-order valence-corrected chi connectivity index (χ2v) is 7.26. The molecule has 2 aliphatic heterocycles. The van der Waals surface area contributed by atoms with Crippen LogP contribution in [-0.4, -0.2) is 44.2 Å². The van der Waals surface area contributed by atoms with Crippen LogP contribution in [0.3, 0.4) is 0 Å². The first kappa shape index (κ1) is 16.8. The Balaban J connectivity index is 1.60. The third-order valence-electron chi connectivity index (χ3n) is 5.71. The maximum absolute atomic E-state index is 13.4. The van der Waals surface area contributed by atoms with Crippen molar-refractivity contribution in [1.29, 1.82) is 0 Å². The quantitative estimate of drug-likeness (QED) is 0.918. The van der Waals surface area contributed by atoms with Gasteiger partial charge in [0.1, 0.15) is 6.04 Å². The molecule has 1 aromatic heterocycles. The average molecular weight is 352 g/mol. The van der Waals surface area contributed by atoms with Gasteiger partial charge in [-0.05, 0) is 17.5 Å². The smallest absolute Gasteiger partial charge is 0.255 e. The second-order valence-electron chi connectivity index (χ2n) is 7.26. The van der Waals surface area contributed by atoms with Crippen LogP contribution in [0, 0.1) is 5.92 Å². The molecular formula is C20H24N4O2. The molecule has 0 aliphatic carbocycles. The van der Waals surface area contributed by atoms with Crippen LogP contribution in [-0.2, 0) is 24.3 Å². The first-order valence-electron chi connectivity index (χ1n) is 9.29. The molecule has 1 aromatic carbocycles. The van der Waals surface area contributed by atoms with Gasteiger partial charge in [0.05, 0.1) is 24.3 Å². The molecule has 0 saturated carbocycles. The van der Waals surface area contributed by atoms with Crippen molar-refractivity contribution in [2.24, 2.45) is 5.92 Å². The van der Waals surface area contributed by atoms with Crippen LogP contribution in [0.5, 0.6) is 0 Å².